The van der Waals surface area contributed by atoms with Gasteiger partial charge in [0.15, 0.2) is 15.6 Å². The summed E-state index contributed by atoms with van der Waals surface area (Å²) in [6.45, 7) is 3.08. The molecule has 0 aliphatic heterocycles. The molecule has 0 aromatic carbocycles. The van der Waals surface area contributed by atoms with E-state index in [-0.39, 0.29) is 5.88 Å². The number of carbonyl (C=O) groups excluding carboxylic acids is 1. The van der Waals surface area contributed by atoms with Gasteiger partial charge in [0.25, 0.3) is 0 Å². The standard InChI is InChI=1S/C6H11ClO3S/c1-5(2)11(9,10)4-6(8)3-7/h5H,3-4H2,1-2H3. The fourth-order valence-electron chi connectivity index (χ4n) is 0.430. The van der Waals surface area contributed by atoms with Crippen molar-refractivity contribution in [1.29, 1.82) is 0 Å². The van der Waals surface area contributed by atoms with Crippen molar-refractivity contribution >= 4 is 27.2 Å². The van der Waals surface area contributed by atoms with Gasteiger partial charge < -0.3 is 0 Å². The first-order chi connectivity index (χ1) is 4.90. The third-order valence-corrected chi connectivity index (χ3v) is 3.69. The van der Waals surface area contributed by atoms with Gasteiger partial charge in [0.05, 0.1) is 11.1 Å². The number of rotatable bonds is 4. The number of sulfone groups is 1. The number of ketones is 1. The van der Waals surface area contributed by atoms with Gasteiger partial charge >= 0.3 is 0 Å². The van der Waals surface area contributed by atoms with E-state index in [1.165, 1.54) is 13.8 Å². The van der Waals surface area contributed by atoms with Crippen molar-refractivity contribution in [3.63, 3.8) is 0 Å². The molecule has 11 heavy (non-hydrogen) atoms. The molecule has 0 bridgehead atoms. The highest BCUT2D eigenvalue weighted by Crippen LogP contribution is 2.00. The van der Waals surface area contributed by atoms with Crippen LogP contribution in [0.1, 0.15) is 13.8 Å². The largest absolute Gasteiger partial charge is 0.297 e. The van der Waals surface area contributed by atoms with E-state index in [0.29, 0.717) is 0 Å². The van der Waals surface area contributed by atoms with Crippen molar-refractivity contribution in [2.24, 2.45) is 0 Å². The third kappa shape index (κ3) is 3.72. The first-order valence-corrected chi connectivity index (χ1v) is 5.44. The summed E-state index contributed by atoms with van der Waals surface area (Å²) in [4.78, 5) is 10.6. The van der Waals surface area contributed by atoms with E-state index in [4.69, 9.17) is 11.6 Å². The van der Waals surface area contributed by atoms with Gasteiger partial charge in [0.1, 0.15) is 5.75 Å². The minimum absolute atomic E-state index is 0.230. The van der Waals surface area contributed by atoms with Gasteiger partial charge in [-0.2, -0.15) is 0 Å². The summed E-state index contributed by atoms with van der Waals surface area (Å²) in [7, 11) is -3.24. The number of halogens is 1. The second-order valence-corrected chi connectivity index (χ2v) is 5.35. The second-order valence-electron chi connectivity index (χ2n) is 2.53. The maximum atomic E-state index is 11.0. The maximum absolute atomic E-state index is 11.0. The highest BCUT2D eigenvalue weighted by Gasteiger charge is 2.19. The third-order valence-electron chi connectivity index (χ3n) is 1.23. The van der Waals surface area contributed by atoms with Gasteiger partial charge in [-0.05, 0) is 13.8 Å². The Morgan fingerprint density at radius 2 is 1.91 bits per heavy atom. The lowest BCUT2D eigenvalue weighted by Crippen LogP contribution is -2.24. The van der Waals surface area contributed by atoms with E-state index in [9.17, 15) is 13.2 Å². The van der Waals surface area contributed by atoms with Crippen LogP contribution in [0.25, 0.3) is 0 Å². The van der Waals surface area contributed by atoms with Gasteiger partial charge in [-0.15, -0.1) is 11.6 Å². The quantitative estimate of drug-likeness (QED) is 0.623. The summed E-state index contributed by atoms with van der Waals surface area (Å²) in [5, 5.41) is -0.505. The summed E-state index contributed by atoms with van der Waals surface area (Å²) in [5.41, 5.74) is 0. The van der Waals surface area contributed by atoms with Crippen LogP contribution in [0, 0.1) is 0 Å². The van der Waals surface area contributed by atoms with Crippen molar-refractivity contribution in [3.8, 4) is 0 Å². The van der Waals surface area contributed by atoms with Crippen LogP contribution in [-0.4, -0.2) is 31.1 Å². The van der Waals surface area contributed by atoms with Crippen molar-refractivity contribution in [2.75, 3.05) is 11.6 Å². The lowest BCUT2D eigenvalue weighted by molar-refractivity contribution is -0.114. The molecule has 0 aromatic rings. The Balaban J connectivity index is 4.27. The molecule has 0 aromatic heterocycles. The van der Waals surface area contributed by atoms with Crippen LogP contribution in [0.15, 0.2) is 0 Å². The molecule has 3 nitrogen and oxygen atoms in total. The van der Waals surface area contributed by atoms with Crippen LogP contribution in [0.2, 0.25) is 0 Å². The molecule has 0 N–H and O–H groups in total. The van der Waals surface area contributed by atoms with Crippen LogP contribution >= 0.6 is 11.6 Å². The minimum atomic E-state index is -3.24. The molecular formula is C6H11ClO3S. The summed E-state index contributed by atoms with van der Waals surface area (Å²) in [5.74, 6) is -1.11. The van der Waals surface area contributed by atoms with Crippen LogP contribution < -0.4 is 0 Å². The molecule has 0 atom stereocenters. The molecule has 0 unspecified atom stereocenters. The van der Waals surface area contributed by atoms with E-state index in [0.717, 1.165) is 0 Å². The van der Waals surface area contributed by atoms with Crippen LogP contribution in [0.5, 0.6) is 0 Å². The average Bonchev–Trinajstić information content (AvgIpc) is 1.86. The summed E-state index contributed by atoms with van der Waals surface area (Å²) < 4.78 is 22.0. The Labute approximate surface area is 71.7 Å². The first-order valence-electron chi connectivity index (χ1n) is 3.19. The fourth-order valence-corrected chi connectivity index (χ4v) is 1.52. The molecular weight excluding hydrogens is 188 g/mol. The average molecular weight is 199 g/mol. The van der Waals surface area contributed by atoms with Gasteiger partial charge in [-0.3, -0.25) is 4.79 Å². The van der Waals surface area contributed by atoms with Gasteiger partial charge in [-0.1, -0.05) is 0 Å². The van der Waals surface area contributed by atoms with Crippen molar-refractivity contribution < 1.29 is 13.2 Å². The van der Waals surface area contributed by atoms with Gasteiger partial charge in [0, 0.05) is 0 Å². The van der Waals surface area contributed by atoms with E-state index < -0.39 is 26.6 Å². The molecule has 0 aliphatic carbocycles. The Morgan fingerprint density at radius 3 is 2.18 bits per heavy atom. The molecule has 0 spiro atoms. The molecule has 0 amide bonds. The van der Waals surface area contributed by atoms with E-state index in [1.807, 2.05) is 0 Å². The van der Waals surface area contributed by atoms with E-state index in [1.54, 1.807) is 0 Å². The Bertz CT molecular complexity index is 230. The minimum Gasteiger partial charge on any atom is -0.297 e. The maximum Gasteiger partial charge on any atom is 0.162 e. The van der Waals surface area contributed by atoms with Crippen molar-refractivity contribution in [1.82, 2.24) is 0 Å². The molecule has 0 saturated carbocycles. The van der Waals surface area contributed by atoms with Crippen molar-refractivity contribution in [3.05, 3.63) is 0 Å². The molecule has 0 saturated heterocycles. The number of Topliss-reactive ketones (excluding diaryl/α,β-unsaturated/α-hetero) is 1. The van der Waals surface area contributed by atoms with Gasteiger partial charge in [-0.25, -0.2) is 8.42 Å². The van der Waals surface area contributed by atoms with E-state index >= 15 is 0 Å². The first kappa shape index (κ1) is 10.9. The molecule has 0 fully saturated rings. The predicted molar refractivity (Wildman–Crippen MR) is 44.6 cm³/mol. The van der Waals surface area contributed by atoms with Crippen LogP contribution in [-0.2, 0) is 14.6 Å². The second kappa shape index (κ2) is 4.07. The van der Waals surface area contributed by atoms with Crippen LogP contribution in [0.4, 0.5) is 0 Å². The zero-order chi connectivity index (χ0) is 9.07. The Hall–Kier alpha value is -0.0900. The molecule has 0 rings (SSSR count). The smallest absolute Gasteiger partial charge is 0.162 e. The normalized spacial score (nSPS) is 12.0. The Morgan fingerprint density at radius 1 is 1.45 bits per heavy atom. The number of hydrogen-bond acceptors (Lipinski definition) is 3. The highest BCUT2D eigenvalue weighted by molar-refractivity contribution is 7.92. The van der Waals surface area contributed by atoms with Gasteiger partial charge in [0.2, 0.25) is 0 Å². The van der Waals surface area contributed by atoms with E-state index in [2.05, 4.69) is 0 Å². The lowest BCUT2D eigenvalue weighted by atomic mass is 10.5. The van der Waals surface area contributed by atoms with Crippen molar-refractivity contribution in [2.45, 2.75) is 19.1 Å². The lowest BCUT2D eigenvalue weighted by Gasteiger charge is -2.04. The topological polar surface area (TPSA) is 51.2 Å². The molecule has 66 valence electrons. The molecule has 0 radical (unpaired) electrons. The SMILES string of the molecule is CC(C)S(=O)(=O)CC(=O)CCl. The molecule has 0 aliphatic rings. The molecule has 0 heterocycles. The predicted octanol–water partition coefficient (Wildman–Crippen LogP) is 0.617. The fraction of sp³-hybridized carbons (Fsp3) is 0.833. The zero-order valence-electron chi connectivity index (χ0n) is 6.50. The Kier molecular flexibility index (Phi) is 4.03. The zero-order valence-corrected chi connectivity index (χ0v) is 8.07. The molecule has 5 heteroatoms. The summed E-state index contributed by atoms with van der Waals surface area (Å²) in [6.07, 6.45) is 0. The monoisotopic (exact) mass is 198 g/mol. The summed E-state index contributed by atoms with van der Waals surface area (Å²) in [6, 6.07) is 0. The summed E-state index contributed by atoms with van der Waals surface area (Å²) >= 11 is 5.15. The number of carbonyl (C=O) groups is 1. The number of hydrogen-bond donors (Lipinski definition) is 0. The highest BCUT2D eigenvalue weighted by atomic mass is 35.5. The number of alkyl halides is 1. The van der Waals surface area contributed by atoms with Crippen LogP contribution in [0.3, 0.4) is 0 Å².